The quantitative estimate of drug-likeness (QED) is 0.826. The second-order valence-corrected chi connectivity index (χ2v) is 5.58. The normalized spacial score (nSPS) is 32.2. The van der Waals surface area contributed by atoms with Crippen molar-refractivity contribution < 1.29 is 22.3 Å². The minimum atomic E-state index is -4.55. The largest absolute Gasteiger partial charge is 0.416 e. The van der Waals surface area contributed by atoms with Crippen molar-refractivity contribution in [2.24, 2.45) is 11.7 Å². The fourth-order valence-electron chi connectivity index (χ4n) is 3.11. The van der Waals surface area contributed by atoms with Gasteiger partial charge < -0.3 is 15.8 Å². The highest BCUT2D eigenvalue weighted by Crippen LogP contribution is 2.39. The molecule has 2 aliphatic rings. The molecule has 4 unspecified atom stereocenters. The van der Waals surface area contributed by atoms with Crippen LogP contribution in [-0.4, -0.2) is 24.8 Å². The number of fused-ring (bicyclic) bond motifs is 1. The van der Waals surface area contributed by atoms with Crippen molar-refractivity contribution in [3.8, 4) is 0 Å². The Labute approximate surface area is 119 Å². The number of hydrogen-bond donors (Lipinski definition) is 2. The van der Waals surface area contributed by atoms with E-state index in [-0.39, 0.29) is 29.8 Å². The molecule has 1 aliphatic heterocycles. The highest BCUT2D eigenvalue weighted by molar-refractivity contribution is 5.49. The molecule has 0 bridgehead atoms. The molecular weight excluding hydrogens is 288 g/mol. The van der Waals surface area contributed by atoms with Crippen LogP contribution in [0.1, 0.15) is 18.4 Å². The van der Waals surface area contributed by atoms with E-state index in [9.17, 15) is 17.6 Å². The summed E-state index contributed by atoms with van der Waals surface area (Å²) in [5.41, 5.74) is 5.05. The zero-order valence-corrected chi connectivity index (χ0v) is 11.2. The van der Waals surface area contributed by atoms with Gasteiger partial charge in [-0.15, -0.1) is 0 Å². The van der Waals surface area contributed by atoms with E-state index < -0.39 is 17.6 Å². The second kappa shape index (κ2) is 5.14. The lowest BCUT2D eigenvalue weighted by atomic mass is 9.68. The highest BCUT2D eigenvalue weighted by Gasteiger charge is 2.50. The van der Waals surface area contributed by atoms with E-state index in [0.29, 0.717) is 12.7 Å². The number of benzene rings is 1. The van der Waals surface area contributed by atoms with E-state index >= 15 is 0 Å². The molecule has 1 aromatic rings. The number of halogens is 4. The Kier molecular flexibility index (Phi) is 3.57. The fraction of sp³-hybridized carbons (Fsp3) is 0.571. The topological polar surface area (TPSA) is 47.3 Å². The summed E-state index contributed by atoms with van der Waals surface area (Å²) in [6, 6.07) is 2.01. The number of ether oxygens (including phenoxy) is 1. The maximum absolute atomic E-state index is 13.8. The van der Waals surface area contributed by atoms with Crippen LogP contribution in [-0.2, 0) is 10.9 Å². The van der Waals surface area contributed by atoms with E-state index in [4.69, 9.17) is 10.5 Å². The number of nitrogens with one attached hydrogen (secondary N) is 1. The smallest absolute Gasteiger partial charge is 0.376 e. The van der Waals surface area contributed by atoms with E-state index in [2.05, 4.69) is 5.32 Å². The maximum atomic E-state index is 13.8. The molecule has 4 atom stereocenters. The van der Waals surface area contributed by atoms with Gasteiger partial charge in [-0.1, -0.05) is 0 Å². The molecule has 0 amide bonds. The Morgan fingerprint density at radius 1 is 1.29 bits per heavy atom. The minimum absolute atomic E-state index is 0.0241. The van der Waals surface area contributed by atoms with Crippen molar-refractivity contribution in [3.63, 3.8) is 0 Å². The van der Waals surface area contributed by atoms with Crippen molar-refractivity contribution in [1.82, 2.24) is 0 Å². The number of hydrogen-bond acceptors (Lipinski definition) is 3. The Bertz CT molecular complexity index is 534. The van der Waals surface area contributed by atoms with Crippen molar-refractivity contribution in [3.05, 3.63) is 29.6 Å². The van der Waals surface area contributed by atoms with Crippen LogP contribution in [0.25, 0.3) is 0 Å². The summed E-state index contributed by atoms with van der Waals surface area (Å²) in [4.78, 5) is 0. The predicted molar refractivity (Wildman–Crippen MR) is 69.3 cm³/mol. The second-order valence-electron chi connectivity index (χ2n) is 5.58. The van der Waals surface area contributed by atoms with Gasteiger partial charge in [-0.05, 0) is 31.0 Å². The Morgan fingerprint density at radius 2 is 2.05 bits per heavy atom. The summed E-state index contributed by atoms with van der Waals surface area (Å²) in [6.45, 7) is 0.640. The van der Waals surface area contributed by atoms with Gasteiger partial charge >= 0.3 is 6.18 Å². The van der Waals surface area contributed by atoms with Gasteiger partial charge in [-0.25, -0.2) is 4.39 Å². The van der Waals surface area contributed by atoms with Crippen molar-refractivity contribution in [2.75, 3.05) is 11.9 Å². The molecule has 7 heteroatoms. The van der Waals surface area contributed by atoms with Crippen LogP contribution >= 0.6 is 0 Å². The summed E-state index contributed by atoms with van der Waals surface area (Å²) in [6.07, 6.45) is -2.71. The number of rotatable bonds is 2. The lowest BCUT2D eigenvalue weighted by Gasteiger charge is -2.52. The molecule has 0 spiro atoms. The van der Waals surface area contributed by atoms with Gasteiger partial charge in [0.15, 0.2) is 0 Å². The maximum Gasteiger partial charge on any atom is 0.416 e. The zero-order chi connectivity index (χ0) is 15.2. The van der Waals surface area contributed by atoms with Crippen LogP contribution in [0.15, 0.2) is 18.2 Å². The van der Waals surface area contributed by atoms with Gasteiger partial charge in [0.1, 0.15) is 5.82 Å². The standard InChI is InChI=1S/C14H16F4N2O/c15-9-6-7(14(16,17)18)3-4-10(9)20-12-11(19)8-2-1-5-21-13(8)12/h3-4,6,8,11-13,20H,1-2,5,19H2. The molecule has 1 aromatic carbocycles. The molecule has 2 fully saturated rings. The summed E-state index contributed by atoms with van der Waals surface area (Å²) in [5, 5.41) is 2.88. The number of anilines is 1. The van der Waals surface area contributed by atoms with Gasteiger partial charge in [-0.3, -0.25) is 0 Å². The van der Waals surface area contributed by atoms with E-state index in [0.717, 1.165) is 25.0 Å². The molecule has 0 radical (unpaired) electrons. The summed E-state index contributed by atoms with van der Waals surface area (Å²) in [5.74, 6) is -0.690. The van der Waals surface area contributed by atoms with Crippen LogP contribution in [0.3, 0.4) is 0 Å². The predicted octanol–water partition coefficient (Wildman–Crippen LogP) is 2.76. The van der Waals surface area contributed by atoms with Gasteiger partial charge in [0, 0.05) is 18.6 Å². The molecule has 3 nitrogen and oxygen atoms in total. The van der Waals surface area contributed by atoms with Crippen molar-refractivity contribution >= 4 is 5.69 Å². The van der Waals surface area contributed by atoms with Crippen molar-refractivity contribution in [1.29, 1.82) is 0 Å². The average Bonchev–Trinajstić information content (AvgIpc) is 2.44. The van der Waals surface area contributed by atoms with Crippen molar-refractivity contribution in [2.45, 2.75) is 37.2 Å². The fourth-order valence-corrected chi connectivity index (χ4v) is 3.11. The van der Waals surface area contributed by atoms with E-state index in [1.165, 1.54) is 0 Å². The highest BCUT2D eigenvalue weighted by atomic mass is 19.4. The third kappa shape index (κ3) is 2.60. The van der Waals surface area contributed by atoms with Gasteiger partial charge in [0.25, 0.3) is 0 Å². The average molecular weight is 304 g/mol. The van der Waals surface area contributed by atoms with Crippen LogP contribution in [0, 0.1) is 11.7 Å². The monoisotopic (exact) mass is 304 g/mol. The molecule has 1 saturated carbocycles. The first-order valence-corrected chi connectivity index (χ1v) is 6.88. The van der Waals surface area contributed by atoms with E-state index in [1.807, 2.05) is 0 Å². The van der Waals surface area contributed by atoms with Gasteiger partial charge in [0.2, 0.25) is 0 Å². The SMILES string of the molecule is NC1C2CCCOC2C1Nc1ccc(C(F)(F)F)cc1F. The van der Waals surface area contributed by atoms with Crippen LogP contribution < -0.4 is 11.1 Å². The first-order valence-electron chi connectivity index (χ1n) is 6.88. The molecule has 0 aromatic heterocycles. The Balaban J connectivity index is 1.74. The van der Waals surface area contributed by atoms with Crippen LogP contribution in [0.5, 0.6) is 0 Å². The number of alkyl halides is 3. The lowest BCUT2D eigenvalue weighted by Crippen LogP contribution is -2.69. The van der Waals surface area contributed by atoms with Gasteiger partial charge in [0.05, 0.1) is 23.4 Å². The summed E-state index contributed by atoms with van der Waals surface area (Å²) in [7, 11) is 0. The zero-order valence-electron chi connectivity index (χ0n) is 11.2. The lowest BCUT2D eigenvalue weighted by molar-refractivity contribution is -0.137. The summed E-state index contributed by atoms with van der Waals surface area (Å²) >= 11 is 0. The minimum Gasteiger partial charge on any atom is -0.376 e. The van der Waals surface area contributed by atoms with Crippen LogP contribution in [0.2, 0.25) is 0 Å². The summed E-state index contributed by atoms with van der Waals surface area (Å²) < 4.78 is 56.9. The molecule has 1 aliphatic carbocycles. The molecule has 3 N–H and O–H groups in total. The Hall–Kier alpha value is -1.34. The molecule has 1 heterocycles. The molecule has 21 heavy (non-hydrogen) atoms. The third-order valence-electron chi connectivity index (χ3n) is 4.30. The Morgan fingerprint density at radius 3 is 2.71 bits per heavy atom. The third-order valence-corrected chi connectivity index (χ3v) is 4.30. The molecule has 3 rings (SSSR count). The first kappa shape index (κ1) is 14.6. The van der Waals surface area contributed by atoms with Crippen LogP contribution in [0.4, 0.5) is 23.2 Å². The molecule has 1 saturated heterocycles. The first-order chi connectivity index (χ1) is 9.88. The molecule has 116 valence electrons. The van der Waals surface area contributed by atoms with E-state index in [1.54, 1.807) is 0 Å². The molecular formula is C14H16F4N2O. The van der Waals surface area contributed by atoms with Gasteiger partial charge in [-0.2, -0.15) is 13.2 Å². The number of nitrogens with two attached hydrogens (primary N) is 1.